The minimum Gasteiger partial charge on any atom is -0.465 e. The van der Waals surface area contributed by atoms with Crippen LogP contribution in [0.2, 0.25) is 0 Å². The molecule has 154 valence electrons. The molecule has 2 heterocycles. The van der Waals surface area contributed by atoms with E-state index in [1.165, 1.54) is 35.2 Å². The Morgan fingerprint density at radius 3 is 2.65 bits per heavy atom. The van der Waals surface area contributed by atoms with Crippen molar-refractivity contribution in [3.63, 3.8) is 0 Å². The molecule has 0 bridgehead atoms. The van der Waals surface area contributed by atoms with Gasteiger partial charge in [0.05, 0.1) is 11.2 Å². The van der Waals surface area contributed by atoms with E-state index in [2.05, 4.69) is 15.5 Å². The molecule has 0 N–H and O–H groups in total. The maximum atomic E-state index is 13.1. The molecular formula is C21H15N5O5. The molecule has 0 saturated carbocycles. The lowest BCUT2D eigenvalue weighted by molar-refractivity contribution is -0.385. The summed E-state index contributed by atoms with van der Waals surface area (Å²) in [7, 11) is 0. The first kappa shape index (κ1) is 19.7. The van der Waals surface area contributed by atoms with Gasteiger partial charge in [0.15, 0.2) is 11.5 Å². The average Bonchev–Trinajstić information content (AvgIpc) is 3.44. The summed E-state index contributed by atoms with van der Waals surface area (Å²) in [6, 6.07) is 16.5. The second kappa shape index (κ2) is 8.41. The van der Waals surface area contributed by atoms with Gasteiger partial charge in [-0.15, -0.1) is 5.10 Å². The second-order valence-corrected chi connectivity index (χ2v) is 6.42. The van der Waals surface area contributed by atoms with Crippen LogP contribution in [0.4, 0.5) is 5.69 Å². The lowest BCUT2D eigenvalue weighted by Crippen LogP contribution is -2.17. The molecule has 0 atom stereocenters. The number of rotatable bonds is 6. The molecule has 0 spiro atoms. The summed E-state index contributed by atoms with van der Waals surface area (Å²) < 4.78 is 12.0. The van der Waals surface area contributed by atoms with Crippen LogP contribution in [-0.4, -0.2) is 31.1 Å². The van der Waals surface area contributed by atoms with E-state index in [0.717, 1.165) is 0 Å². The Morgan fingerprint density at radius 2 is 1.97 bits per heavy atom. The first-order chi connectivity index (χ1) is 15.0. The van der Waals surface area contributed by atoms with Crippen molar-refractivity contribution in [1.82, 2.24) is 20.2 Å². The van der Waals surface area contributed by atoms with E-state index in [-0.39, 0.29) is 17.1 Å². The van der Waals surface area contributed by atoms with E-state index in [4.69, 9.17) is 9.15 Å². The SMILES string of the molecule is Cc1cc(OC(=O)/C(=C/c2ccco2)n2nnnc2-c2ccccc2)ccc1[N+](=O)[O-]. The fourth-order valence-corrected chi connectivity index (χ4v) is 2.89. The van der Waals surface area contributed by atoms with Gasteiger partial charge in [0.25, 0.3) is 5.69 Å². The summed E-state index contributed by atoms with van der Waals surface area (Å²) in [5, 5.41) is 22.7. The van der Waals surface area contributed by atoms with Gasteiger partial charge in [-0.2, -0.15) is 4.68 Å². The third-order valence-electron chi connectivity index (χ3n) is 4.34. The Bertz CT molecular complexity index is 1260. The number of nitrogens with zero attached hydrogens (tertiary/aromatic N) is 5. The number of nitro benzene ring substituents is 1. The van der Waals surface area contributed by atoms with Gasteiger partial charge in [-0.1, -0.05) is 30.3 Å². The number of aromatic nitrogens is 4. The van der Waals surface area contributed by atoms with Crippen LogP contribution in [0.3, 0.4) is 0 Å². The monoisotopic (exact) mass is 417 g/mol. The van der Waals surface area contributed by atoms with Crippen molar-refractivity contribution in [2.24, 2.45) is 0 Å². The lowest BCUT2D eigenvalue weighted by Gasteiger charge is -2.10. The van der Waals surface area contributed by atoms with Gasteiger partial charge in [0, 0.05) is 23.3 Å². The normalized spacial score (nSPS) is 11.3. The summed E-state index contributed by atoms with van der Waals surface area (Å²) >= 11 is 0. The molecule has 4 rings (SSSR count). The molecule has 0 aliphatic rings. The topological polar surface area (TPSA) is 126 Å². The largest absolute Gasteiger partial charge is 0.465 e. The van der Waals surface area contributed by atoms with Crippen LogP contribution in [0.5, 0.6) is 5.75 Å². The van der Waals surface area contributed by atoms with Crippen molar-refractivity contribution < 1.29 is 18.9 Å². The minimum atomic E-state index is -0.769. The van der Waals surface area contributed by atoms with Crippen molar-refractivity contribution in [2.75, 3.05) is 0 Å². The molecule has 0 fully saturated rings. The van der Waals surface area contributed by atoms with E-state index in [0.29, 0.717) is 22.7 Å². The zero-order valence-electron chi connectivity index (χ0n) is 16.2. The maximum absolute atomic E-state index is 13.1. The van der Waals surface area contributed by atoms with Crippen LogP contribution in [0.15, 0.2) is 71.3 Å². The standard InChI is InChI=1S/C21H15N5O5/c1-14-12-17(9-10-18(14)26(28)29)31-21(27)19(13-16-8-5-11-30-16)25-20(22-23-24-25)15-6-3-2-4-7-15/h2-13H,1H3/b19-13-. The number of esters is 1. The molecule has 10 nitrogen and oxygen atoms in total. The third kappa shape index (κ3) is 4.22. The number of aryl methyl sites for hydroxylation is 1. The van der Waals surface area contributed by atoms with Gasteiger partial charge in [0.2, 0.25) is 0 Å². The molecule has 2 aromatic carbocycles. The first-order valence-corrected chi connectivity index (χ1v) is 9.09. The second-order valence-electron chi connectivity index (χ2n) is 6.42. The Morgan fingerprint density at radius 1 is 1.16 bits per heavy atom. The van der Waals surface area contributed by atoms with Crippen LogP contribution in [0.1, 0.15) is 11.3 Å². The Labute approximate surface area is 175 Å². The number of carbonyl (C=O) groups excluding carboxylic acids is 1. The van der Waals surface area contributed by atoms with Gasteiger partial charge in [-0.05, 0) is 41.6 Å². The number of furan rings is 1. The van der Waals surface area contributed by atoms with Crippen LogP contribution < -0.4 is 4.74 Å². The molecule has 0 aliphatic heterocycles. The molecule has 0 unspecified atom stereocenters. The minimum absolute atomic E-state index is 0.00481. The highest BCUT2D eigenvalue weighted by atomic mass is 16.6. The highest BCUT2D eigenvalue weighted by molar-refractivity contribution is 6.16. The number of nitro groups is 1. The predicted octanol–water partition coefficient (Wildman–Crippen LogP) is 3.75. The quantitative estimate of drug-likeness (QED) is 0.153. The van der Waals surface area contributed by atoms with Crippen LogP contribution in [0.25, 0.3) is 23.2 Å². The lowest BCUT2D eigenvalue weighted by atomic mass is 10.2. The number of hydrogen-bond donors (Lipinski definition) is 0. The van der Waals surface area contributed by atoms with E-state index >= 15 is 0 Å². The Hall–Kier alpha value is -4.60. The molecule has 0 saturated heterocycles. The van der Waals surface area contributed by atoms with Gasteiger partial charge < -0.3 is 9.15 Å². The maximum Gasteiger partial charge on any atom is 0.362 e. The van der Waals surface area contributed by atoms with Gasteiger partial charge in [-0.25, -0.2) is 4.79 Å². The zero-order valence-corrected chi connectivity index (χ0v) is 16.2. The summed E-state index contributed by atoms with van der Waals surface area (Å²) in [5.74, 6) is 0.0958. The number of carbonyl (C=O) groups is 1. The number of ether oxygens (including phenoxy) is 1. The van der Waals surface area contributed by atoms with E-state index in [9.17, 15) is 14.9 Å². The van der Waals surface area contributed by atoms with Crippen molar-refractivity contribution >= 4 is 23.4 Å². The van der Waals surface area contributed by atoms with Crippen molar-refractivity contribution in [2.45, 2.75) is 6.92 Å². The summed E-state index contributed by atoms with van der Waals surface area (Å²) in [5.41, 5.74) is 0.976. The average molecular weight is 417 g/mol. The molecule has 2 aromatic heterocycles. The third-order valence-corrected chi connectivity index (χ3v) is 4.34. The van der Waals surface area contributed by atoms with Crippen molar-refractivity contribution in [3.05, 3.63) is 88.4 Å². The van der Waals surface area contributed by atoms with Gasteiger partial charge in [0.1, 0.15) is 11.5 Å². The number of tetrazole rings is 1. The Kier molecular flexibility index (Phi) is 5.35. The number of benzene rings is 2. The van der Waals surface area contributed by atoms with Crippen molar-refractivity contribution in [1.29, 1.82) is 0 Å². The van der Waals surface area contributed by atoms with Gasteiger partial charge in [-0.3, -0.25) is 10.1 Å². The van der Waals surface area contributed by atoms with Crippen LogP contribution in [-0.2, 0) is 4.79 Å². The van der Waals surface area contributed by atoms with E-state index in [1.807, 2.05) is 18.2 Å². The van der Waals surface area contributed by atoms with Crippen LogP contribution >= 0.6 is 0 Å². The molecule has 0 radical (unpaired) electrons. The molecule has 4 aromatic rings. The predicted molar refractivity (Wildman–Crippen MR) is 110 cm³/mol. The summed E-state index contributed by atoms with van der Waals surface area (Å²) in [6.07, 6.45) is 2.91. The molecular weight excluding hydrogens is 402 g/mol. The Balaban J connectivity index is 1.72. The zero-order chi connectivity index (χ0) is 21.8. The molecule has 0 amide bonds. The van der Waals surface area contributed by atoms with Crippen molar-refractivity contribution in [3.8, 4) is 17.1 Å². The summed E-state index contributed by atoms with van der Waals surface area (Å²) in [4.78, 5) is 23.6. The highest BCUT2D eigenvalue weighted by Crippen LogP contribution is 2.26. The van der Waals surface area contributed by atoms with Crippen LogP contribution in [0, 0.1) is 17.0 Å². The molecule has 10 heteroatoms. The van der Waals surface area contributed by atoms with E-state index in [1.54, 1.807) is 31.2 Å². The molecule has 0 aliphatic carbocycles. The first-order valence-electron chi connectivity index (χ1n) is 9.09. The summed E-state index contributed by atoms with van der Waals surface area (Å²) in [6.45, 7) is 1.56. The molecule has 31 heavy (non-hydrogen) atoms. The smallest absolute Gasteiger partial charge is 0.362 e. The number of hydrogen-bond acceptors (Lipinski definition) is 8. The van der Waals surface area contributed by atoms with E-state index < -0.39 is 10.9 Å². The highest BCUT2D eigenvalue weighted by Gasteiger charge is 2.22. The van der Waals surface area contributed by atoms with Gasteiger partial charge >= 0.3 is 5.97 Å². The fourth-order valence-electron chi connectivity index (χ4n) is 2.89. The fraction of sp³-hybridized carbons (Fsp3) is 0.0476.